The summed E-state index contributed by atoms with van der Waals surface area (Å²) >= 11 is 0. The van der Waals surface area contributed by atoms with Gasteiger partial charge < -0.3 is 24.2 Å². The molecule has 2 aromatic rings. The zero-order valence-electron chi connectivity index (χ0n) is 13.4. The van der Waals surface area contributed by atoms with Gasteiger partial charge in [-0.2, -0.15) is 0 Å². The number of piperidine rings is 1. The number of hydrogen-bond donors (Lipinski definition) is 1. The highest BCUT2D eigenvalue weighted by Gasteiger charge is 2.31. The van der Waals surface area contributed by atoms with Gasteiger partial charge in [-0.05, 0) is 24.1 Å². The third-order valence-corrected chi connectivity index (χ3v) is 4.55. The van der Waals surface area contributed by atoms with Crippen LogP contribution in [0.2, 0.25) is 0 Å². The SMILES string of the molecule is COc1nccnc1N1CC[C@@H](c2ccc3c(c2)OCO3)[C@H](O)C1. The largest absolute Gasteiger partial charge is 0.478 e. The fourth-order valence-electron chi connectivity index (χ4n) is 3.34. The fraction of sp³-hybridized carbons (Fsp3) is 0.412. The molecule has 3 heterocycles. The summed E-state index contributed by atoms with van der Waals surface area (Å²) in [4.78, 5) is 10.5. The minimum absolute atomic E-state index is 0.0541. The standard InChI is InChI=1S/C17H19N3O4/c1-22-17-16(18-5-6-19-17)20-7-4-12(13(21)9-20)11-2-3-14-15(8-11)24-10-23-14/h2-3,5-6,8,12-13,21H,4,7,9-10H2,1H3/t12-,13+/m0/s1. The Labute approximate surface area is 139 Å². The van der Waals surface area contributed by atoms with E-state index in [1.165, 1.54) is 0 Å². The first-order valence-corrected chi connectivity index (χ1v) is 7.94. The number of aliphatic hydroxyl groups is 1. The van der Waals surface area contributed by atoms with E-state index in [-0.39, 0.29) is 12.7 Å². The molecule has 2 atom stereocenters. The van der Waals surface area contributed by atoms with Gasteiger partial charge in [0.05, 0.1) is 13.2 Å². The first-order chi connectivity index (χ1) is 11.8. The van der Waals surface area contributed by atoms with Crippen molar-refractivity contribution in [3.8, 4) is 17.4 Å². The van der Waals surface area contributed by atoms with E-state index in [0.29, 0.717) is 18.2 Å². The Hall–Kier alpha value is -2.54. The summed E-state index contributed by atoms with van der Waals surface area (Å²) < 4.78 is 16.1. The molecule has 2 aliphatic heterocycles. The normalized spacial score (nSPS) is 22.5. The van der Waals surface area contributed by atoms with Crippen LogP contribution in [-0.4, -0.2) is 48.2 Å². The van der Waals surface area contributed by atoms with E-state index in [9.17, 15) is 5.11 Å². The number of hydrogen-bond acceptors (Lipinski definition) is 7. The molecule has 0 aliphatic carbocycles. The Morgan fingerprint density at radius 3 is 2.88 bits per heavy atom. The molecular formula is C17H19N3O4. The average molecular weight is 329 g/mol. The van der Waals surface area contributed by atoms with Crippen LogP contribution in [0, 0.1) is 0 Å². The first kappa shape index (κ1) is 15.0. The molecule has 126 valence electrons. The maximum atomic E-state index is 10.7. The first-order valence-electron chi connectivity index (χ1n) is 7.94. The minimum atomic E-state index is -0.508. The van der Waals surface area contributed by atoms with Crippen LogP contribution >= 0.6 is 0 Å². The van der Waals surface area contributed by atoms with Crippen molar-refractivity contribution in [1.82, 2.24) is 9.97 Å². The lowest BCUT2D eigenvalue weighted by Crippen LogP contribution is -2.43. The number of anilines is 1. The topological polar surface area (TPSA) is 76.9 Å². The molecule has 0 saturated carbocycles. The Morgan fingerprint density at radius 1 is 1.21 bits per heavy atom. The summed E-state index contributed by atoms with van der Waals surface area (Å²) in [6.45, 7) is 1.51. The number of aromatic nitrogens is 2. The van der Waals surface area contributed by atoms with Crippen molar-refractivity contribution in [3.63, 3.8) is 0 Å². The van der Waals surface area contributed by atoms with Gasteiger partial charge >= 0.3 is 0 Å². The van der Waals surface area contributed by atoms with Crippen LogP contribution in [0.3, 0.4) is 0 Å². The van der Waals surface area contributed by atoms with Crippen LogP contribution in [-0.2, 0) is 0 Å². The van der Waals surface area contributed by atoms with Gasteiger partial charge in [-0.1, -0.05) is 6.07 Å². The highest BCUT2D eigenvalue weighted by Crippen LogP contribution is 2.38. The van der Waals surface area contributed by atoms with E-state index < -0.39 is 6.10 Å². The molecule has 0 radical (unpaired) electrons. The van der Waals surface area contributed by atoms with E-state index in [4.69, 9.17) is 14.2 Å². The number of nitrogens with zero attached hydrogens (tertiary/aromatic N) is 3. The second-order valence-electron chi connectivity index (χ2n) is 5.91. The third-order valence-electron chi connectivity index (χ3n) is 4.55. The van der Waals surface area contributed by atoms with E-state index >= 15 is 0 Å². The zero-order valence-corrected chi connectivity index (χ0v) is 13.4. The van der Waals surface area contributed by atoms with Gasteiger partial charge in [0, 0.05) is 31.4 Å². The lowest BCUT2D eigenvalue weighted by atomic mass is 9.87. The summed E-state index contributed by atoms with van der Waals surface area (Å²) in [5, 5.41) is 10.7. The average Bonchev–Trinajstić information content (AvgIpc) is 3.09. The molecule has 24 heavy (non-hydrogen) atoms. The van der Waals surface area contributed by atoms with Gasteiger partial charge in [-0.15, -0.1) is 0 Å². The van der Waals surface area contributed by atoms with Crippen molar-refractivity contribution in [2.45, 2.75) is 18.4 Å². The highest BCUT2D eigenvalue weighted by atomic mass is 16.7. The number of aliphatic hydroxyl groups excluding tert-OH is 1. The van der Waals surface area contributed by atoms with Crippen molar-refractivity contribution in [1.29, 1.82) is 0 Å². The molecule has 7 nitrogen and oxygen atoms in total. The second kappa shape index (κ2) is 6.16. The van der Waals surface area contributed by atoms with Gasteiger partial charge in [0.25, 0.3) is 5.88 Å². The summed E-state index contributed by atoms with van der Waals surface area (Å²) in [7, 11) is 1.57. The van der Waals surface area contributed by atoms with Crippen molar-refractivity contribution in [3.05, 3.63) is 36.2 Å². The van der Waals surface area contributed by atoms with Crippen molar-refractivity contribution in [2.75, 3.05) is 31.9 Å². The quantitative estimate of drug-likeness (QED) is 0.916. The second-order valence-corrected chi connectivity index (χ2v) is 5.91. The van der Waals surface area contributed by atoms with Crippen LogP contribution < -0.4 is 19.1 Å². The summed E-state index contributed by atoms with van der Waals surface area (Å²) in [5.74, 6) is 2.71. The van der Waals surface area contributed by atoms with Crippen molar-refractivity contribution in [2.24, 2.45) is 0 Å². The molecule has 0 bridgehead atoms. The van der Waals surface area contributed by atoms with E-state index in [2.05, 4.69) is 9.97 Å². The summed E-state index contributed by atoms with van der Waals surface area (Å²) in [5.41, 5.74) is 1.07. The molecule has 1 aromatic heterocycles. The number of methoxy groups -OCH3 is 1. The lowest BCUT2D eigenvalue weighted by Gasteiger charge is -2.37. The smallest absolute Gasteiger partial charge is 0.257 e. The maximum Gasteiger partial charge on any atom is 0.257 e. The molecule has 1 saturated heterocycles. The molecule has 7 heteroatoms. The Kier molecular flexibility index (Phi) is 3.86. The van der Waals surface area contributed by atoms with Crippen LogP contribution in [0.1, 0.15) is 17.9 Å². The maximum absolute atomic E-state index is 10.7. The number of fused-ring (bicyclic) bond motifs is 1. The van der Waals surface area contributed by atoms with Crippen LogP contribution in [0.4, 0.5) is 5.82 Å². The molecule has 4 rings (SSSR count). The predicted octanol–water partition coefficient (Wildman–Crippen LogP) is 1.57. The van der Waals surface area contributed by atoms with Gasteiger partial charge in [0.1, 0.15) is 0 Å². The summed E-state index contributed by atoms with van der Waals surface area (Å²) in [6.07, 6.45) is 3.53. The van der Waals surface area contributed by atoms with Crippen molar-refractivity contribution < 1.29 is 19.3 Å². The number of ether oxygens (including phenoxy) is 3. The molecule has 1 aromatic carbocycles. The number of rotatable bonds is 3. The Morgan fingerprint density at radius 2 is 2.04 bits per heavy atom. The predicted molar refractivity (Wildman–Crippen MR) is 86.7 cm³/mol. The van der Waals surface area contributed by atoms with Gasteiger partial charge in [0.15, 0.2) is 17.3 Å². The number of benzene rings is 1. The van der Waals surface area contributed by atoms with Crippen LogP contribution in [0.15, 0.2) is 30.6 Å². The molecule has 2 aliphatic rings. The van der Waals surface area contributed by atoms with E-state index in [1.54, 1.807) is 19.5 Å². The highest BCUT2D eigenvalue weighted by molar-refractivity contribution is 5.50. The number of β-amino-alcohol motifs (C(OH)–C–C–N with tert-alkyl or cyclic N) is 1. The third kappa shape index (κ3) is 2.60. The zero-order chi connectivity index (χ0) is 16.5. The monoisotopic (exact) mass is 329 g/mol. The van der Waals surface area contributed by atoms with Gasteiger partial charge in [-0.3, -0.25) is 0 Å². The van der Waals surface area contributed by atoms with E-state index in [0.717, 1.165) is 30.0 Å². The van der Waals surface area contributed by atoms with E-state index in [1.807, 2.05) is 23.1 Å². The molecule has 0 unspecified atom stereocenters. The van der Waals surface area contributed by atoms with Gasteiger partial charge in [0.2, 0.25) is 6.79 Å². The minimum Gasteiger partial charge on any atom is -0.478 e. The summed E-state index contributed by atoms with van der Waals surface area (Å²) in [6, 6.07) is 5.87. The Bertz CT molecular complexity index is 740. The van der Waals surface area contributed by atoms with Crippen molar-refractivity contribution >= 4 is 5.82 Å². The molecule has 1 N–H and O–H groups in total. The molecular weight excluding hydrogens is 310 g/mol. The molecule has 0 amide bonds. The molecule has 0 spiro atoms. The van der Waals surface area contributed by atoms with Crippen LogP contribution in [0.25, 0.3) is 0 Å². The Balaban J connectivity index is 1.52. The van der Waals surface area contributed by atoms with Crippen LogP contribution in [0.5, 0.6) is 17.4 Å². The molecule has 1 fully saturated rings. The lowest BCUT2D eigenvalue weighted by molar-refractivity contribution is 0.129. The van der Waals surface area contributed by atoms with Gasteiger partial charge in [-0.25, -0.2) is 9.97 Å². The fourth-order valence-corrected chi connectivity index (χ4v) is 3.34.